The monoisotopic (exact) mass is 246 g/mol. The topological polar surface area (TPSA) is 55.1 Å². The number of nitrogens with two attached hydrogens (primary N) is 1. The van der Waals surface area contributed by atoms with Crippen LogP contribution in [-0.2, 0) is 0 Å². The molecular weight excluding hydrogens is 224 g/mol. The fraction of sp³-hybridized carbons (Fsp3) is 0.533. The Hall–Kier alpha value is -1.51. The van der Waals surface area contributed by atoms with E-state index >= 15 is 0 Å². The lowest BCUT2D eigenvalue weighted by Crippen LogP contribution is -2.46. The number of hydrogen-bond acceptors (Lipinski definition) is 2. The quantitative estimate of drug-likeness (QED) is 0.788. The molecule has 3 heteroatoms. The number of benzene rings is 1. The Morgan fingerprint density at radius 2 is 1.94 bits per heavy atom. The van der Waals surface area contributed by atoms with Gasteiger partial charge in [0.2, 0.25) is 0 Å². The second-order valence-electron chi connectivity index (χ2n) is 5.88. The number of nitrogen functional groups attached to an aromatic ring is 1. The van der Waals surface area contributed by atoms with Gasteiger partial charge in [0.05, 0.1) is 0 Å². The molecule has 1 saturated carbocycles. The van der Waals surface area contributed by atoms with Gasteiger partial charge in [-0.2, -0.15) is 0 Å². The third kappa shape index (κ3) is 2.84. The molecule has 1 amide bonds. The van der Waals surface area contributed by atoms with E-state index in [1.54, 1.807) is 24.3 Å². The summed E-state index contributed by atoms with van der Waals surface area (Å²) >= 11 is 0. The lowest BCUT2D eigenvalue weighted by atomic mass is 9.73. The minimum absolute atomic E-state index is 0.00924. The van der Waals surface area contributed by atoms with E-state index < -0.39 is 0 Å². The highest BCUT2D eigenvalue weighted by molar-refractivity contribution is 5.94. The number of rotatable bonds is 2. The van der Waals surface area contributed by atoms with E-state index in [-0.39, 0.29) is 17.4 Å². The number of anilines is 1. The summed E-state index contributed by atoms with van der Waals surface area (Å²) in [6, 6.07) is 7.36. The predicted molar refractivity (Wildman–Crippen MR) is 74.4 cm³/mol. The van der Waals surface area contributed by atoms with Gasteiger partial charge in [0.25, 0.3) is 5.91 Å². The first-order valence-electron chi connectivity index (χ1n) is 6.65. The van der Waals surface area contributed by atoms with Crippen molar-refractivity contribution in [2.45, 2.75) is 45.6 Å². The molecule has 1 unspecified atom stereocenters. The van der Waals surface area contributed by atoms with Crippen molar-refractivity contribution in [1.29, 1.82) is 0 Å². The fourth-order valence-electron chi connectivity index (χ4n) is 2.64. The smallest absolute Gasteiger partial charge is 0.251 e. The lowest BCUT2D eigenvalue weighted by molar-refractivity contribution is 0.0853. The summed E-state index contributed by atoms with van der Waals surface area (Å²) in [5, 5.41) is 3.17. The van der Waals surface area contributed by atoms with Crippen molar-refractivity contribution >= 4 is 11.6 Å². The zero-order chi connectivity index (χ0) is 13.2. The largest absolute Gasteiger partial charge is 0.399 e. The first-order valence-corrected chi connectivity index (χ1v) is 6.65. The highest BCUT2D eigenvalue weighted by Crippen LogP contribution is 2.35. The van der Waals surface area contributed by atoms with Gasteiger partial charge >= 0.3 is 0 Å². The van der Waals surface area contributed by atoms with Crippen molar-refractivity contribution in [3.05, 3.63) is 29.8 Å². The first kappa shape index (κ1) is 12.9. The fourth-order valence-corrected chi connectivity index (χ4v) is 2.64. The summed E-state index contributed by atoms with van der Waals surface area (Å²) in [5.41, 5.74) is 7.19. The average molecular weight is 246 g/mol. The van der Waals surface area contributed by atoms with Crippen LogP contribution in [0, 0.1) is 5.41 Å². The summed E-state index contributed by atoms with van der Waals surface area (Å²) in [6.07, 6.45) is 4.73. The Bertz CT molecular complexity index is 423. The van der Waals surface area contributed by atoms with Gasteiger partial charge in [-0.1, -0.05) is 26.7 Å². The maximum atomic E-state index is 12.2. The van der Waals surface area contributed by atoms with Gasteiger partial charge in [0, 0.05) is 17.3 Å². The molecule has 0 spiro atoms. The van der Waals surface area contributed by atoms with Crippen LogP contribution in [0.15, 0.2) is 24.3 Å². The summed E-state index contributed by atoms with van der Waals surface area (Å²) in [7, 11) is 0. The molecule has 0 radical (unpaired) electrons. The minimum atomic E-state index is 0.00924. The third-order valence-corrected chi connectivity index (χ3v) is 3.99. The second kappa shape index (κ2) is 5.01. The molecule has 0 aromatic heterocycles. The molecule has 1 aliphatic rings. The number of carbonyl (C=O) groups excluding carboxylic acids is 1. The van der Waals surface area contributed by atoms with Gasteiger partial charge in [0.15, 0.2) is 0 Å². The third-order valence-electron chi connectivity index (χ3n) is 3.99. The standard InChI is InChI=1S/C15H22N2O/c1-15(2)10-4-3-5-13(15)17-14(18)11-6-8-12(16)9-7-11/h6-9,13H,3-5,10,16H2,1-2H3,(H,17,18). The van der Waals surface area contributed by atoms with Crippen molar-refractivity contribution in [3.63, 3.8) is 0 Å². The molecule has 0 bridgehead atoms. The highest BCUT2D eigenvalue weighted by atomic mass is 16.1. The molecule has 2 rings (SSSR count). The van der Waals surface area contributed by atoms with Crippen LogP contribution in [0.5, 0.6) is 0 Å². The van der Waals surface area contributed by atoms with Crippen LogP contribution >= 0.6 is 0 Å². The van der Waals surface area contributed by atoms with E-state index in [0.717, 1.165) is 6.42 Å². The average Bonchev–Trinajstić information content (AvgIpc) is 2.32. The van der Waals surface area contributed by atoms with Gasteiger partial charge in [-0.25, -0.2) is 0 Å². The molecule has 0 heterocycles. The van der Waals surface area contributed by atoms with Gasteiger partial charge in [-0.15, -0.1) is 0 Å². The lowest BCUT2D eigenvalue weighted by Gasteiger charge is -2.39. The zero-order valence-corrected chi connectivity index (χ0v) is 11.2. The molecule has 18 heavy (non-hydrogen) atoms. The second-order valence-corrected chi connectivity index (χ2v) is 5.88. The van der Waals surface area contributed by atoms with Gasteiger partial charge in [-0.05, 0) is 42.5 Å². The molecule has 1 aromatic carbocycles. The van der Waals surface area contributed by atoms with Crippen LogP contribution in [0.25, 0.3) is 0 Å². The van der Waals surface area contributed by atoms with Gasteiger partial charge in [-0.3, -0.25) is 4.79 Å². The molecule has 0 saturated heterocycles. The van der Waals surface area contributed by atoms with Crippen molar-refractivity contribution in [3.8, 4) is 0 Å². The van der Waals surface area contributed by atoms with Crippen molar-refractivity contribution in [2.24, 2.45) is 5.41 Å². The Kier molecular flexibility index (Phi) is 3.60. The van der Waals surface area contributed by atoms with E-state index in [1.165, 1.54) is 19.3 Å². The van der Waals surface area contributed by atoms with Crippen LogP contribution < -0.4 is 11.1 Å². The summed E-state index contributed by atoms with van der Waals surface area (Å²) in [5.74, 6) is 0.00924. The molecule has 3 N–H and O–H groups in total. The Labute approximate surface area is 109 Å². The van der Waals surface area contributed by atoms with Gasteiger partial charge < -0.3 is 11.1 Å². The Morgan fingerprint density at radius 3 is 2.56 bits per heavy atom. The summed E-state index contributed by atoms with van der Waals surface area (Å²) in [4.78, 5) is 12.2. The Morgan fingerprint density at radius 1 is 1.28 bits per heavy atom. The number of amides is 1. The SMILES string of the molecule is CC1(C)CCCCC1NC(=O)c1ccc(N)cc1. The molecule has 1 aromatic rings. The van der Waals surface area contributed by atoms with E-state index in [1.807, 2.05) is 0 Å². The zero-order valence-electron chi connectivity index (χ0n) is 11.2. The van der Waals surface area contributed by atoms with E-state index in [4.69, 9.17) is 5.73 Å². The van der Waals surface area contributed by atoms with Crippen molar-refractivity contribution in [1.82, 2.24) is 5.32 Å². The maximum absolute atomic E-state index is 12.2. The number of carbonyl (C=O) groups is 1. The molecule has 1 atom stereocenters. The van der Waals surface area contributed by atoms with Gasteiger partial charge in [0.1, 0.15) is 0 Å². The molecular formula is C15H22N2O. The van der Waals surface area contributed by atoms with E-state index in [2.05, 4.69) is 19.2 Å². The number of nitrogens with one attached hydrogen (secondary N) is 1. The number of hydrogen-bond donors (Lipinski definition) is 2. The minimum Gasteiger partial charge on any atom is -0.399 e. The molecule has 0 aliphatic heterocycles. The Balaban J connectivity index is 2.04. The normalized spacial score (nSPS) is 22.4. The maximum Gasteiger partial charge on any atom is 0.251 e. The van der Waals surface area contributed by atoms with Crippen LogP contribution in [0.3, 0.4) is 0 Å². The summed E-state index contributed by atoms with van der Waals surface area (Å²) < 4.78 is 0. The molecule has 3 nitrogen and oxygen atoms in total. The van der Waals surface area contributed by atoms with Crippen LogP contribution in [-0.4, -0.2) is 11.9 Å². The molecule has 1 aliphatic carbocycles. The van der Waals surface area contributed by atoms with Crippen molar-refractivity contribution in [2.75, 3.05) is 5.73 Å². The summed E-state index contributed by atoms with van der Waals surface area (Å²) in [6.45, 7) is 4.47. The molecule has 1 fully saturated rings. The van der Waals surface area contributed by atoms with Crippen LogP contribution in [0.2, 0.25) is 0 Å². The van der Waals surface area contributed by atoms with E-state index in [9.17, 15) is 4.79 Å². The van der Waals surface area contributed by atoms with Crippen LogP contribution in [0.1, 0.15) is 49.9 Å². The predicted octanol–water partition coefficient (Wildman–Crippen LogP) is 2.97. The molecule has 98 valence electrons. The van der Waals surface area contributed by atoms with E-state index in [0.29, 0.717) is 11.3 Å². The van der Waals surface area contributed by atoms with Crippen molar-refractivity contribution < 1.29 is 4.79 Å². The highest BCUT2D eigenvalue weighted by Gasteiger charge is 2.33. The van der Waals surface area contributed by atoms with Crippen LogP contribution in [0.4, 0.5) is 5.69 Å². The first-order chi connectivity index (χ1) is 8.49.